The molecule has 0 radical (unpaired) electrons. The first kappa shape index (κ1) is 14.0. The van der Waals surface area contributed by atoms with Gasteiger partial charge >= 0.3 is 5.97 Å². The highest BCUT2D eigenvalue weighted by atomic mass is 16.4. The zero-order chi connectivity index (χ0) is 13.7. The average Bonchev–Trinajstić information content (AvgIpc) is 2.34. The molecule has 0 spiro atoms. The number of aromatic carboxylic acids is 1. The van der Waals surface area contributed by atoms with Crippen molar-refractivity contribution in [2.75, 3.05) is 6.54 Å². The zero-order valence-electron chi connectivity index (χ0n) is 9.69. The van der Waals surface area contributed by atoms with Crippen molar-refractivity contribution in [3.8, 4) is 0 Å². The van der Waals surface area contributed by atoms with Crippen LogP contribution in [0.2, 0.25) is 0 Å². The Labute approximate surface area is 103 Å². The van der Waals surface area contributed by atoms with E-state index in [4.69, 9.17) is 10.6 Å². The zero-order valence-corrected chi connectivity index (χ0v) is 9.69. The first-order chi connectivity index (χ1) is 8.47. The van der Waals surface area contributed by atoms with Crippen molar-refractivity contribution in [3.05, 3.63) is 45.3 Å². The second-order valence-corrected chi connectivity index (χ2v) is 3.82. The Morgan fingerprint density at radius 1 is 1.50 bits per heavy atom. The van der Waals surface area contributed by atoms with Gasteiger partial charge in [-0.2, -0.15) is 0 Å². The van der Waals surface area contributed by atoms with E-state index in [1.165, 1.54) is 12.1 Å². The van der Waals surface area contributed by atoms with E-state index in [1.54, 1.807) is 13.0 Å². The highest BCUT2D eigenvalue weighted by Gasteiger charge is 2.23. The maximum atomic E-state index is 11.0. The van der Waals surface area contributed by atoms with Crippen molar-refractivity contribution in [3.63, 3.8) is 0 Å². The van der Waals surface area contributed by atoms with Crippen LogP contribution in [-0.4, -0.2) is 33.9 Å². The molecular formula is C11H13N3O4. The Morgan fingerprint density at radius 2 is 2.17 bits per heavy atom. The van der Waals surface area contributed by atoms with E-state index in [-0.39, 0.29) is 17.7 Å². The summed E-state index contributed by atoms with van der Waals surface area (Å²) in [5.74, 6) is -1.19. The number of carbonyl (C=O) groups is 1. The van der Waals surface area contributed by atoms with Crippen LogP contribution in [0.15, 0.2) is 23.3 Å². The molecule has 7 heteroatoms. The van der Waals surface area contributed by atoms with Gasteiger partial charge in [-0.25, -0.2) is 4.79 Å². The highest BCUT2D eigenvalue weighted by molar-refractivity contribution is 5.89. The van der Waals surface area contributed by atoms with Crippen LogP contribution in [0.4, 0.5) is 0 Å². The van der Waals surface area contributed by atoms with Gasteiger partial charge in [0, 0.05) is 4.91 Å². The second-order valence-electron chi connectivity index (χ2n) is 3.82. The number of hydrogen-bond donors (Lipinski definition) is 3. The lowest BCUT2D eigenvalue weighted by atomic mass is 9.96. The Kier molecular flexibility index (Phi) is 4.67. The van der Waals surface area contributed by atoms with Gasteiger partial charge in [-0.1, -0.05) is 22.8 Å². The first-order valence-corrected chi connectivity index (χ1v) is 5.18. The number of benzene rings is 1. The minimum absolute atomic E-state index is 0.0897. The minimum atomic E-state index is -1.42. The van der Waals surface area contributed by atoms with Crippen LogP contribution in [0, 0.1) is 6.92 Å². The first-order valence-electron chi connectivity index (χ1n) is 5.18. The topological polar surface area (TPSA) is 127 Å². The van der Waals surface area contributed by atoms with E-state index in [2.05, 4.69) is 10.0 Å². The third-order valence-corrected chi connectivity index (χ3v) is 2.45. The average molecular weight is 251 g/mol. The maximum absolute atomic E-state index is 11.0. The van der Waals surface area contributed by atoms with E-state index in [0.717, 1.165) is 5.56 Å². The smallest absolute Gasteiger partial charge is 0.336 e. The monoisotopic (exact) mass is 251 g/mol. The molecule has 2 unspecified atom stereocenters. The Hall–Kier alpha value is -2.08. The largest absolute Gasteiger partial charge is 0.478 e. The molecule has 0 saturated carbocycles. The summed E-state index contributed by atoms with van der Waals surface area (Å²) in [6.45, 7) is 1.41. The van der Waals surface area contributed by atoms with Crippen molar-refractivity contribution in [1.29, 1.82) is 0 Å². The molecule has 3 N–H and O–H groups in total. The molecule has 1 rings (SSSR count). The molecule has 7 nitrogen and oxygen atoms in total. The van der Waals surface area contributed by atoms with Gasteiger partial charge in [0.1, 0.15) is 6.10 Å². The number of hydrogen-bond acceptors (Lipinski definition) is 4. The summed E-state index contributed by atoms with van der Waals surface area (Å²) in [7, 11) is 0. The van der Waals surface area contributed by atoms with E-state index >= 15 is 0 Å². The summed E-state index contributed by atoms with van der Waals surface area (Å²) < 4.78 is 0. The van der Waals surface area contributed by atoms with Crippen molar-refractivity contribution < 1.29 is 20.1 Å². The lowest BCUT2D eigenvalue weighted by molar-refractivity contribution is 0.0232. The molecule has 1 aromatic rings. The lowest BCUT2D eigenvalue weighted by Crippen LogP contribution is -2.23. The van der Waals surface area contributed by atoms with Gasteiger partial charge in [0.15, 0.2) is 0 Å². The van der Waals surface area contributed by atoms with Gasteiger partial charge in [-0.15, -0.1) is 0 Å². The van der Waals surface area contributed by atoms with Gasteiger partial charge in [0.2, 0.25) is 0 Å². The molecule has 0 heterocycles. The number of carboxylic acid groups (broad SMARTS) is 1. The molecule has 96 valence electrons. The number of rotatable bonds is 5. The summed E-state index contributed by atoms with van der Waals surface area (Å²) >= 11 is 0. The molecule has 0 aliphatic carbocycles. The number of aliphatic hydroxyl groups is 2. The SMILES string of the molecule is Cc1ccc(C(=O)O)c(C(O)C(O)CN=[N+]=[N-])c1. The molecular weight excluding hydrogens is 238 g/mol. The van der Waals surface area contributed by atoms with Gasteiger partial charge in [-0.3, -0.25) is 0 Å². The molecule has 2 atom stereocenters. The van der Waals surface area contributed by atoms with Crippen LogP contribution in [0.5, 0.6) is 0 Å². The van der Waals surface area contributed by atoms with Crippen LogP contribution < -0.4 is 0 Å². The van der Waals surface area contributed by atoms with Crippen LogP contribution in [0.1, 0.15) is 27.6 Å². The van der Waals surface area contributed by atoms with E-state index in [9.17, 15) is 15.0 Å². The van der Waals surface area contributed by atoms with Crippen LogP contribution in [0.3, 0.4) is 0 Å². The molecule has 0 aliphatic heterocycles. The van der Waals surface area contributed by atoms with Crippen molar-refractivity contribution in [2.24, 2.45) is 5.11 Å². The normalized spacial score (nSPS) is 13.5. The molecule has 18 heavy (non-hydrogen) atoms. The van der Waals surface area contributed by atoms with E-state index in [1.807, 2.05) is 0 Å². The van der Waals surface area contributed by atoms with Gasteiger partial charge in [-0.05, 0) is 24.1 Å². The number of azide groups is 1. The minimum Gasteiger partial charge on any atom is -0.478 e. The fourth-order valence-electron chi connectivity index (χ4n) is 1.55. The van der Waals surface area contributed by atoms with E-state index < -0.39 is 18.2 Å². The van der Waals surface area contributed by atoms with Crippen molar-refractivity contribution in [2.45, 2.75) is 19.1 Å². The Bertz CT molecular complexity index is 497. The molecule has 1 aromatic carbocycles. The third-order valence-electron chi connectivity index (χ3n) is 2.45. The van der Waals surface area contributed by atoms with Gasteiger partial charge in [0.05, 0.1) is 18.2 Å². The summed E-state index contributed by atoms with van der Waals surface area (Å²) in [5.41, 5.74) is 8.89. The molecule has 0 aliphatic rings. The summed E-state index contributed by atoms with van der Waals surface area (Å²) in [6, 6.07) is 4.43. The van der Waals surface area contributed by atoms with Crippen molar-refractivity contribution >= 4 is 5.97 Å². The second kappa shape index (κ2) is 6.02. The number of aryl methyl sites for hydroxylation is 1. The number of carboxylic acids is 1. The summed E-state index contributed by atoms with van der Waals surface area (Å²) in [4.78, 5) is 13.5. The maximum Gasteiger partial charge on any atom is 0.336 e. The summed E-state index contributed by atoms with van der Waals surface area (Å²) in [6.07, 6.45) is -2.76. The lowest BCUT2D eigenvalue weighted by Gasteiger charge is -2.18. The highest BCUT2D eigenvalue weighted by Crippen LogP contribution is 2.23. The predicted octanol–water partition coefficient (Wildman–Crippen LogP) is 1.40. The van der Waals surface area contributed by atoms with Gasteiger partial charge < -0.3 is 15.3 Å². The Morgan fingerprint density at radius 3 is 2.72 bits per heavy atom. The molecule has 0 bridgehead atoms. The Balaban J connectivity index is 3.10. The van der Waals surface area contributed by atoms with Crippen LogP contribution in [0.25, 0.3) is 10.4 Å². The van der Waals surface area contributed by atoms with Crippen LogP contribution >= 0.6 is 0 Å². The third kappa shape index (κ3) is 3.21. The fourth-order valence-corrected chi connectivity index (χ4v) is 1.55. The molecule has 0 amide bonds. The standard InChI is InChI=1S/C11H13N3O4/c1-6-2-3-7(11(17)18)8(4-6)10(16)9(15)5-13-14-12/h2-4,9-10,15-16H,5H2,1H3,(H,17,18). The number of aliphatic hydroxyl groups excluding tert-OH is 2. The van der Waals surface area contributed by atoms with Gasteiger partial charge in [0.25, 0.3) is 0 Å². The number of nitrogens with zero attached hydrogens (tertiary/aromatic N) is 3. The predicted molar refractivity (Wildman–Crippen MR) is 63.1 cm³/mol. The fraction of sp³-hybridized carbons (Fsp3) is 0.364. The quantitative estimate of drug-likeness (QED) is 0.415. The van der Waals surface area contributed by atoms with Crippen LogP contribution in [-0.2, 0) is 0 Å². The molecule has 0 saturated heterocycles. The molecule has 0 fully saturated rings. The molecule has 0 aromatic heterocycles. The van der Waals surface area contributed by atoms with E-state index in [0.29, 0.717) is 0 Å². The summed E-state index contributed by atoms with van der Waals surface area (Å²) in [5, 5.41) is 31.6. The van der Waals surface area contributed by atoms with Crippen molar-refractivity contribution in [1.82, 2.24) is 0 Å².